The number of ether oxygens (including phenoxy) is 1. The maximum Gasteiger partial charge on any atom is 0.159 e. The Bertz CT molecular complexity index is 1780. The Morgan fingerprint density at radius 3 is 2.71 bits per heavy atom. The summed E-state index contributed by atoms with van der Waals surface area (Å²) in [6.07, 6.45) is 3.58. The van der Waals surface area contributed by atoms with Crippen molar-refractivity contribution in [3.63, 3.8) is 0 Å². The molecule has 0 aliphatic heterocycles. The van der Waals surface area contributed by atoms with Gasteiger partial charge in [-0.05, 0) is 50.8 Å². The lowest BCUT2D eigenvalue weighted by Crippen LogP contribution is -2.19. The second-order valence-electron chi connectivity index (χ2n) is 9.55. The summed E-state index contributed by atoms with van der Waals surface area (Å²) in [5.41, 5.74) is 6.22. The third kappa shape index (κ3) is 4.28. The molecule has 0 aliphatic rings. The molecule has 192 valence electrons. The summed E-state index contributed by atoms with van der Waals surface area (Å²) in [4.78, 5) is 19.3. The lowest BCUT2D eigenvalue weighted by Gasteiger charge is -2.12. The highest BCUT2D eigenvalue weighted by Crippen LogP contribution is 2.34. The van der Waals surface area contributed by atoms with Crippen LogP contribution in [0.3, 0.4) is 0 Å². The second-order valence-corrected chi connectivity index (χ2v) is 9.55. The molecule has 0 saturated carbocycles. The van der Waals surface area contributed by atoms with Crippen LogP contribution in [0.1, 0.15) is 5.82 Å². The molecule has 9 nitrogen and oxygen atoms in total. The van der Waals surface area contributed by atoms with Gasteiger partial charge in [-0.25, -0.2) is 14.4 Å². The number of H-pyrrole nitrogens is 2. The minimum Gasteiger partial charge on any atom is -0.492 e. The van der Waals surface area contributed by atoms with Gasteiger partial charge in [0.15, 0.2) is 5.82 Å². The van der Waals surface area contributed by atoms with E-state index in [4.69, 9.17) is 9.72 Å². The van der Waals surface area contributed by atoms with Crippen LogP contribution in [-0.2, 0) is 7.05 Å². The molecule has 0 unspecified atom stereocenters. The Morgan fingerprint density at radius 2 is 1.92 bits per heavy atom. The molecule has 6 aromatic rings. The van der Waals surface area contributed by atoms with E-state index in [-0.39, 0.29) is 5.82 Å². The number of nitrogens with one attached hydrogen (secondary N) is 2. The average Bonchev–Trinajstić information content (AvgIpc) is 3.59. The van der Waals surface area contributed by atoms with Gasteiger partial charge in [-0.2, -0.15) is 5.10 Å². The van der Waals surface area contributed by atoms with Crippen LogP contribution in [0.25, 0.3) is 56.0 Å². The van der Waals surface area contributed by atoms with Crippen molar-refractivity contribution in [1.82, 2.24) is 39.6 Å². The van der Waals surface area contributed by atoms with Crippen LogP contribution in [0.2, 0.25) is 0 Å². The van der Waals surface area contributed by atoms with Crippen molar-refractivity contribution in [2.75, 3.05) is 27.2 Å². The smallest absolute Gasteiger partial charge is 0.159 e. The van der Waals surface area contributed by atoms with Gasteiger partial charge in [-0.3, -0.25) is 10.1 Å². The summed E-state index contributed by atoms with van der Waals surface area (Å²) in [6, 6.07) is 12.5. The quantitative estimate of drug-likeness (QED) is 0.315. The summed E-state index contributed by atoms with van der Waals surface area (Å²) >= 11 is 0. The Labute approximate surface area is 218 Å². The molecule has 0 atom stereocenters. The summed E-state index contributed by atoms with van der Waals surface area (Å²) in [5.74, 6) is 1.64. The molecule has 2 aromatic carbocycles. The van der Waals surface area contributed by atoms with Crippen molar-refractivity contribution in [3.05, 3.63) is 66.5 Å². The van der Waals surface area contributed by atoms with Crippen LogP contribution in [0.15, 0.2) is 54.9 Å². The summed E-state index contributed by atoms with van der Waals surface area (Å²) in [6.45, 7) is 3.15. The van der Waals surface area contributed by atoms with E-state index < -0.39 is 0 Å². The lowest BCUT2D eigenvalue weighted by molar-refractivity contribution is 0.260. The minimum absolute atomic E-state index is 0.362. The molecular formula is C28H27FN8O. The topological polar surface area (TPSA) is 101 Å². The van der Waals surface area contributed by atoms with E-state index in [0.29, 0.717) is 29.4 Å². The Hall–Kier alpha value is -4.57. The van der Waals surface area contributed by atoms with Gasteiger partial charge in [-0.1, -0.05) is 12.1 Å². The number of aryl methyl sites for hydroxylation is 1. The molecule has 0 radical (unpaired) electrons. The molecular weight excluding hydrogens is 483 g/mol. The second kappa shape index (κ2) is 9.38. The fourth-order valence-corrected chi connectivity index (χ4v) is 4.50. The Morgan fingerprint density at radius 1 is 1.05 bits per heavy atom. The predicted molar refractivity (Wildman–Crippen MR) is 145 cm³/mol. The molecule has 2 N–H and O–H groups in total. The van der Waals surface area contributed by atoms with E-state index in [9.17, 15) is 4.39 Å². The number of benzene rings is 2. The fraction of sp³-hybridized carbons (Fsp3) is 0.214. The number of pyridine rings is 1. The number of imidazole rings is 2. The van der Waals surface area contributed by atoms with E-state index in [1.165, 1.54) is 12.1 Å². The number of fused-ring (bicyclic) bond motifs is 2. The number of halogens is 1. The maximum atomic E-state index is 14.6. The van der Waals surface area contributed by atoms with Crippen molar-refractivity contribution in [2.24, 2.45) is 7.05 Å². The van der Waals surface area contributed by atoms with Crippen molar-refractivity contribution in [2.45, 2.75) is 6.92 Å². The van der Waals surface area contributed by atoms with Crippen molar-refractivity contribution in [1.29, 1.82) is 0 Å². The molecule has 0 aliphatic carbocycles. The van der Waals surface area contributed by atoms with Gasteiger partial charge in [0.2, 0.25) is 0 Å². The third-order valence-electron chi connectivity index (χ3n) is 6.66. The molecule has 4 heterocycles. The number of aromatic amines is 2. The summed E-state index contributed by atoms with van der Waals surface area (Å²) in [7, 11) is 5.90. The number of para-hydroxylation sites is 1. The van der Waals surface area contributed by atoms with Crippen molar-refractivity contribution >= 4 is 21.9 Å². The normalized spacial score (nSPS) is 11.7. The highest BCUT2D eigenvalue weighted by molar-refractivity contribution is 5.97. The molecule has 0 bridgehead atoms. The van der Waals surface area contributed by atoms with Crippen LogP contribution in [0.4, 0.5) is 4.39 Å². The Balaban J connectivity index is 1.41. The average molecular weight is 511 g/mol. The van der Waals surface area contributed by atoms with Crippen LogP contribution in [-0.4, -0.2) is 66.8 Å². The van der Waals surface area contributed by atoms with Gasteiger partial charge < -0.3 is 19.2 Å². The van der Waals surface area contributed by atoms with E-state index in [2.05, 4.69) is 25.1 Å². The maximum absolute atomic E-state index is 14.6. The molecule has 0 spiro atoms. The number of nitrogens with zero attached hydrogens (tertiary/aromatic N) is 6. The zero-order valence-corrected chi connectivity index (χ0v) is 21.6. The summed E-state index contributed by atoms with van der Waals surface area (Å²) in [5, 5.41) is 8.48. The Kier molecular flexibility index (Phi) is 5.88. The zero-order chi connectivity index (χ0) is 26.4. The lowest BCUT2D eigenvalue weighted by atomic mass is 10.0. The zero-order valence-electron chi connectivity index (χ0n) is 21.6. The first-order valence-electron chi connectivity index (χ1n) is 12.3. The van der Waals surface area contributed by atoms with Crippen molar-refractivity contribution < 1.29 is 9.13 Å². The van der Waals surface area contributed by atoms with Crippen LogP contribution in [0, 0.1) is 12.7 Å². The molecule has 6 rings (SSSR count). The van der Waals surface area contributed by atoms with Gasteiger partial charge in [0.1, 0.15) is 29.7 Å². The van der Waals surface area contributed by atoms with Crippen LogP contribution in [0.5, 0.6) is 5.75 Å². The van der Waals surface area contributed by atoms with Gasteiger partial charge >= 0.3 is 0 Å². The molecule has 4 aromatic heterocycles. The monoisotopic (exact) mass is 510 g/mol. The first-order valence-corrected chi connectivity index (χ1v) is 12.3. The first-order chi connectivity index (χ1) is 18.4. The fourth-order valence-electron chi connectivity index (χ4n) is 4.50. The van der Waals surface area contributed by atoms with Gasteiger partial charge in [0.05, 0.1) is 40.3 Å². The number of aromatic nitrogens is 7. The number of hydrogen-bond acceptors (Lipinski definition) is 6. The third-order valence-corrected chi connectivity index (χ3v) is 6.66. The van der Waals surface area contributed by atoms with E-state index >= 15 is 0 Å². The van der Waals surface area contributed by atoms with Gasteiger partial charge in [0.25, 0.3) is 0 Å². The highest BCUT2D eigenvalue weighted by atomic mass is 19.1. The van der Waals surface area contributed by atoms with E-state index in [0.717, 1.165) is 51.3 Å². The highest BCUT2D eigenvalue weighted by Gasteiger charge is 2.18. The van der Waals surface area contributed by atoms with Crippen LogP contribution < -0.4 is 4.74 Å². The van der Waals surface area contributed by atoms with E-state index in [1.54, 1.807) is 6.20 Å². The van der Waals surface area contributed by atoms with E-state index in [1.807, 2.05) is 74.1 Å². The molecule has 0 fully saturated rings. The summed E-state index contributed by atoms with van der Waals surface area (Å²) < 4.78 is 22.4. The molecule has 0 saturated heterocycles. The van der Waals surface area contributed by atoms with Gasteiger partial charge in [0, 0.05) is 30.6 Å². The largest absolute Gasteiger partial charge is 0.492 e. The SMILES string of the molecule is Cc1ncc(-c2cc3c(-c4nc5c(-c6cc(F)cc(OCCN(C)C)c6)cccc5[nH]4)n[nH]c3cn2)n1C. The molecule has 0 amide bonds. The number of rotatable bonds is 7. The first kappa shape index (κ1) is 23.8. The standard InChI is InChI=1S/C28H27FN8O/c1-16-30-15-25(37(16)4)23-13-21-24(14-31-23)34-35-27(21)28-32-22-7-5-6-20(26(22)33-28)17-10-18(29)12-19(11-17)38-9-8-36(2)3/h5-7,10-15H,8-9H2,1-4H3,(H,32,33)(H,34,35). The van der Waals surface area contributed by atoms with Crippen molar-refractivity contribution in [3.8, 4) is 39.8 Å². The van der Waals surface area contributed by atoms with Crippen LogP contribution >= 0.6 is 0 Å². The predicted octanol–water partition coefficient (Wildman–Crippen LogP) is 4.96. The molecule has 10 heteroatoms. The number of likely N-dealkylation sites (N-methyl/N-ethyl adjacent to an activating group) is 1. The number of hydrogen-bond donors (Lipinski definition) is 2. The van der Waals surface area contributed by atoms with Gasteiger partial charge in [-0.15, -0.1) is 0 Å². The minimum atomic E-state index is -0.362. The molecule has 38 heavy (non-hydrogen) atoms.